The van der Waals surface area contributed by atoms with Crippen molar-refractivity contribution >= 4 is 5.97 Å². The molecule has 76 valence electrons. The van der Waals surface area contributed by atoms with E-state index in [0.29, 0.717) is 12.3 Å². The fourth-order valence-corrected chi connectivity index (χ4v) is 1.10. The first kappa shape index (κ1) is 10.5. The third-order valence-electron chi connectivity index (χ3n) is 1.69. The first-order valence-electron chi connectivity index (χ1n) is 4.36. The lowest BCUT2D eigenvalue weighted by Crippen LogP contribution is -2.09. The largest absolute Gasteiger partial charge is 0.482 e. The Morgan fingerprint density at radius 2 is 2.29 bits per heavy atom. The summed E-state index contributed by atoms with van der Waals surface area (Å²) in [6, 6.07) is 7.28. The van der Waals surface area contributed by atoms with Crippen LogP contribution in [0.15, 0.2) is 24.3 Å². The summed E-state index contributed by atoms with van der Waals surface area (Å²) >= 11 is 0. The molecule has 0 bridgehead atoms. The molecule has 1 aromatic carbocycles. The Balaban J connectivity index is 2.58. The molecule has 0 aromatic heterocycles. The van der Waals surface area contributed by atoms with Crippen LogP contribution in [0.4, 0.5) is 0 Å². The van der Waals surface area contributed by atoms with Crippen LogP contribution >= 0.6 is 0 Å². The highest BCUT2D eigenvalue weighted by Gasteiger charge is 1.99. The molecule has 4 nitrogen and oxygen atoms in total. The maximum atomic E-state index is 10.2. The number of hydrogen-bond acceptors (Lipinski definition) is 3. The van der Waals surface area contributed by atoms with Gasteiger partial charge in [0.15, 0.2) is 6.61 Å². The maximum Gasteiger partial charge on any atom is 0.341 e. The van der Waals surface area contributed by atoms with Crippen LogP contribution in [0.1, 0.15) is 5.56 Å². The van der Waals surface area contributed by atoms with Crippen molar-refractivity contribution in [1.82, 2.24) is 0 Å². The number of carboxylic acids is 1. The van der Waals surface area contributed by atoms with E-state index >= 15 is 0 Å². The highest BCUT2D eigenvalue weighted by molar-refractivity contribution is 5.68. The number of carbonyl (C=O) groups is 1. The van der Waals surface area contributed by atoms with Gasteiger partial charge in [0.1, 0.15) is 5.75 Å². The minimum absolute atomic E-state index is 0.313. The van der Waals surface area contributed by atoms with Crippen LogP contribution in [0.3, 0.4) is 0 Å². The molecule has 1 rings (SSSR count). The number of carboxylic acid groups (broad SMARTS) is 1. The first-order chi connectivity index (χ1) is 6.72. The van der Waals surface area contributed by atoms with Crippen LogP contribution in [0.25, 0.3) is 0 Å². The highest BCUT2D eigenvalue weighted by Crippen LogP contribution is 2.13. The Labute approximate surface area is 82.3 Å². The van der Waals surface area contributed by atoms with Crippen molar-refractivity contribution in [3.05, 3.63) is 29.8 Å². The lowest BCUT2D eigenvalue weighted by molar-refractivity contribution is -0.139. The molecule has 0 amide bonds. The van der Waals surface area contributed by atoms with Crippen molar-refractivity contribution < 1.29 is 14.6 Å². The van der Waals surface area contributed by atoms with Gasteiger partial charge in [-0.05, 0) is 30.7 Å². The Morgan fingerprint density at radius 3 is 2.93 bits per heavy atom. The van der Waals surface area contributed by atoms with Gasteiger partial charge in [-0.15, -0.1) is 0 Å². The normalized spacial score (nSPS) is 9.79. The Kier molecular flexibility index (Phi) is 3.94. The number of ether oxygens (including phenoxy) is 1. The van der Waals surface area contributed by atoms with Crippen molar-refractivity contribution in [2.75, 3.05) is 13.2 Å². The van der Waals surface area contributed by atoms with Gasteiger partial charge in [0.2, 0.25) is 0 Å². The fraction of sp³-hybridized carbons (Fsp3) is 0.300. The SMILES string of the molecule is NCCc1cccc(OCC(=O)O)c1. The van der Waals surface area contributed by atoms with Gasteiger partial charge in [-0.3, -0.25) is 0 Å². The lowest BCUT2D eigenvalue weighted by atomic mass is 10.1. The van der Waals surface area contributed by atoms with Crippen molar-refractivity contribution in [2.24, 2.45) is 5.73 Å². The van der Waals surface area contributed by atoms with Gasteiger partial charge in [0.25, 0.3) is 0 Å². The molecule has 0 fully saturated rings. The number of rotatable bonds is 5. The Hall–Kier alpha value is -1.55. The molecule has 0 spiro atoms. The molecule has 0 radical (unpaired) electrons. The molecule has 0 unspecified atom stereocenters. The Bertz CT molecular complexity index is 312. The number of aliphatic carboxylic acids is 1. The van der Waals surface area contributed by atoms with Crippen molar-refractivity contribution in [3.63, 3.8) is 0 Å². The van der Waals surface area contributed by atoms with E-state index in [4.69, 9.17) is 15.6 Å². The molecule has 3 N–H and O–H groups in total. The monoisotopic (exact) mass is 195 g/mol. The fourth-order valence-electron chi connectivity index (χ4n) is 1.10. The first-order valence-corrected chi connectivity index (χ1v) is 4.36. The van der Waals surface area contributed by atoms with Crippen LogP contribution in [0.5, 0.6) is 5.75 Å². The molecule has 0 saturated carbocycles. The van der Waals surface area contributed by atoms with E-state index in [1.807, 2.05) is 12.1 Å². The predicted molar refractivity (Wildman–Crippen MR) is 52.3 cm³/mol. The minimum Gasteiger partial charge on any atom is -0.482 e. The molecule has 0 saturated heterocycles. The van der Waals surface area contributed by atoms with Gasteiger partial charge in [-0.1, -0.05) is 12.1 Å². The lowest BCUT2D eigenvalue weighted by Gasteiger charge is -2.04. The van der Waals surface area contributed by atoms with Gasteiger partial charge in [-0.2, -0.15) is 0 Å². The summed E-state index contributed by atoms with van der Waals surface area (Å²) in [4.78, 5) is 10.2. The molecular formula is C10H13NO3. The summed E-state index contributed by atoms with van der Waals surface area (Å²) in [7, 11) is 0. The van der Waals surface area contributed by atoms with Crippen LogP contribution in [0.2, 0.25) is 0 Å². The van der Waals surface area contributed by atoms with Crippen molar-refractivity contribution in [3.8, 4) is 5.75 Å². The van der Waals surface area contributed by atoms with Gasteiger partial charge in [0, 0.05) is 0 Å². The summed E-state index contributed by atoms with van der Waals surface area (Å²) in [5.74, 6) is -0.410. The van der Waals surface area contributed by atoms with E-state index in [2.05, 4.69) is 0 Å². The molecule has 0 atom stereocenters. The van der Waals surface area contributed by atoms with Crippen LogP contribution < -0.4 is 10.5 Å². The second kappa shape index (κ2) is 5.24. The summed E-state index contributed by atoms with van der Waals surface area (Å²) in [5, 5.41) is 8.40. The van der Waals surface area contributed by atoms with Gasteiger partial charge in [-0.25, -0.2) is 4.79 Å². The van der Waals surface area contributed by atoms with E-state index < -0.39 is 5.97 Å². The molecule has 0 heterocycles. The standard InChI is InChI=1S/C10H13NO3/c11-5-4-8-2-1-3-9(6-8)14-7-10(12)13/h1-3,6H,4-5,7,11H2,(H,12,13). The summed E-state index contributed by atoms with van der Waals surface area (Å²) in [5.41, 5.74) is 6.45. The topological polar surface area (TPSA) is 72.5 Å². The molecule has 0 aliphatic carbocycles. The van der Waals surface area contributed by atoms with Gasteiger partial charge in [0.05, 0.1) is 0 Å². The average Bonchev–Trinajstić information content (AvgIpc) is 2.16. The summed E-state index contributed by atoms with van der Waals surface area (Å²) < 4.78 is 5.01. The van der Waals surface area contributed by atoms with Crippen LogP contribution in [-0.4, -0.2) is 24.2 Å². The van der Waals surface area contributed by atoms with Crippen molar-refractivity contribution in [2.45, 2.75) is 6.42 Å². The molecule has 4 heteroatoms. The third kappa shape index (κ3) is 3.45. The van der Waals surface area contributed by atoms with E-state index in [9.17, 15) is 4.79 Å². The molecule has 0 aliphatic heterocycles. The van der Waals surface area contributed by atoms with E-state index in [1.54, 1.807) is 12.1 Å². The predicted octanol–water partition coefficient (Wildman–Crippen LogP) is 0.651. The zero-order chi connectivity index (χ0) is 10.4. The summed E-state index contributed by atoms with van der Waals surface area (Å²) in [6.07, 6.45) is 0.768. The zero-order valence-corrected chi connectivity index (χ0v) is 7.77. The molecule has 1 aromatic rings. The van der Waals surface area contributed by atoms with Gasteiger partial charge >= 0.3 is 5.97 Å². The van der Waals surface area contributed by atoms with Crippen LogP contribution in [-0.2, 0) is 11.2 Å². The minimum atomic E-state index is -0.978. The van der Waals surface area contributed by atoms with Crippen LogP contribution in [0, 0.1) is 0 Å². The Morgan fingerprint density at radius 1 is 1.50 bits per heavy atom. The second-order valence-corrected chi connectivity index (χ2v) is 2.87. The quantitative estimate of drug-likeness (QED) is 0.723. The zero-order valence-electron chi connectivity index (χ0n) is 7.77. The third-order valence-corrected chi connectivity index (χ3v) is 1.69. The maximum absolute atomic E-state index is 10.2. The van der Waals surface area contributed by atoms with Gasteiger partial charge < -0.3 is 15.6 Å². The van der Waals surface area contributed by atoms with Crippen molar-refractivity contribution in [1.29, 1.82) is 0 Å². The second-order valence-electron chi connectivity index (χ2n) is 2.87. The molecule has 14 heavy (non-hydrogen) atoms. The summed E-state index contributed by atoms with van der Waals surface area (Å²) in [6.45, 7) is 0.258. The van der Waals surface area contributed by atoms with E-state index in [-0.39, 0.29) is 6.61 Å². The molecule has 0 aliphatic rings. The highest BCUT2D eigenvalue weighted by atomic mass is 16.5. The number of benzene rings is 1. The number of nitrogens with two attached hydrogens (primary N) is 1. The smallest absolute Gasteiger partial charge is 0.341 e. The number of hydrogen-bond donors (Lipinski definition) is 2. The van der Waals surface area contributed by atoms with E-state index in [1.165, 1.54) is 0 Å². The molecular weight excluding hydrogens is 182 g/mol. The van der Waals surface area contributed by atoms with E-state index in [0.717, 1.165) is 12.0 Å². The average molecular weight is 195 g/mol.